The quantitative estimate of drug-likeness (QED) is 0.265. The van der Waals surface area contributed by atoms with Gasteiger partial charge >= 0.3 is 6.61 Å². The number of halogens is 3. The highest BCUT2D eigenvalue weighted by Crippen LogP contribution is 2.31. The van der Waals surface area contributed by atoms with Gasteiger partial charge in [0.25, 0.3) is 0 Å². The van der Waals surface area contributed by atoms with Gasteiger partial charge < -0.3 is 20.3 Å². The summed E-state index contributed by atoms with van der Waals surface area (Å²) in [4.78, 5) is 6.17. The van der Waals surface area contributed by atoms with Crippen LogP contribution >= 0.6 is 24.0 Å². The van der Waals surface area contributed by atoms with Crippen molar-refractivity contribution in [2.45, 2.75) is 26.0 Å². The number of nitrogens with one attached hydrogen (secondary N) is 2. The minimum atomic E-state index is -3.57. The Morgan fingerprint density at radius 2 is 2.14 bits per heavy atom. The van der Waals surface area contributed by atoms with Crippen LogP contribution in [0, 0.1) is 0 Å². The number of benzene rings is 1. The van der Waals surface area contributed by atoms with E-state index in [1.807, 2.05) is 11.8 Å². The van der Waals surface area contributed by atoms with Crippen LogP contribution in [0.1, 0.15) is 13.3 Å². The minimum absolute atomic E-state index is 0. The number of nitrogens with two attached hydrogens (primary N) is 1. The first-order chi connectivity index (χ1) is 12.8. The van der Waals surface area contributed by atoms with Crippen molar-refractivity contribution in [3.05, 3.63) is 24.3 Å². The first kappa shape index (κ1) is 24.6. The Balaban J connectivity index is 0.00000392. The molecule has 1 heterocycles. The molecule has 0 bridgehead atoms. The summed E-state index contributed by atoms with van der Waals surface area (Å²) in [6.07, 6.45) is 0.766. The zero-order valence-electron chi connectivity index (χ0n) is 15.5. The standard InChI is InChI=1S/C16H25F2N5O3S.HI/c1-2-20-16(21-8-10-27(19,24)25)22-12-7-9-23(11-12)13-5-3-4-6-14(13)26-15(17)18;/h3-6,12,15H,2,7-11H2,1H3,(H2,19,24,25)(H2,20,21,22);1H. The molecule has 1 unspecified atom stereocenters. The number of para-hydroxylation sites is 2. The predicted molar refractivity (Wildman–Crippen MR) is 116 cm³/mol. The summed E-state index contributed by atoms with van der Waals surface area (Å²) in [6.45, 7) is 0.920. The third-order valence-electron chi connectivity index (χ3n) is 3.94. The van der Waals surface area contributed by atoms with Crippen molar-refractivity contribution < 1.29 is 21.9 Å². The van der Waals surface area contributed by atoms with E-state index in [4.69, 9.17) is 5.14 Å². The molecule has 1 saturated heterocycles. The second-order valence-corrected chi connectivity index (χ2v) is 7.78. The number of hydrogen-bond donors (Lipinski definition) is 3. The van der Waals surface area contributed by atoms with Gasteiger partial charge in [-0.15, -0.1) is 24.0 Å². The average molecular weight is 533 g/mol. The van der Waals surface area contributed by atoms with Crippen molar-refractivity contribution in [3.8, 4) is 5.75 Å². The van der Waals surface area contributed by atoms with Gasteiger partial charge in [0.2, 0.25) is 10.0 Å². The Morgan fingerprint density at radius 1 is 1.43 bits per heavy atom. The van der Waals surface area contributed by atoms with Crippen LogP contribution in [-0.2, 0) is 10.0 Å². The van der Waals surface area contributed by atoms with Gasteiger partial charge in [0.1, 0.15) is 5.75 Å². The van der Waals surface area contributed by atoms with Crippen LogP contribution in [0.4, 0.5) is 14.5 Å². The summed E-state index contributed by atoms with van der Waals surface area (Å²) in [6, 6.07) is 6.70. The molecule has 0 amide bonds. The molecule has 1 atom stereocenters. The highest BCUT2D eigenvalue weighted by atomic mass is 127. The van der Waals surface area contributed by atoms with E-state index in [0.29, 0.717) is 31.3 Å². The molecule has 1 aromatic carbocycles. The molecule has 28 heavy (non-hydrogen) atoms. The average Bonchev–Trinajstić information content (AvgIpc) is 3.02. The Hall–Kier alpha value is -1.41. The van der Waals surface area contributed by atoms with Crippen LogP contribution in [0.25, 0.3) is 0 Å². The lowest BCUT2D eigenvalue weighted by atomic mass is 10.2. The van der Waals surface area contributed by atoms with E-state index in [2.05, 4.69) is 20.4 Å². The Labute approximate surface area is 181 Å². The number of guanidine groups is 1. The van der Waals surface area contributed by atoms with E-state index in [1.165, 1.54) is 6.07 Å². The molecule has 1 aliphatic heterocycles. The number of sulfonamides is 1. The van der Waals surface area contributed by atoms with Crippen LogP contribution in [0.3, 0.4) is 0 Å². The van der Waals surface area contributed by atoms with Gasteiger partial charge in [0.15, 0.2) is 5.96 Å². The first-order valence-corrected chi connectivity index (χ1v) is 10.3. The molecule has 1 aromatic rings. The molecular formula is C16H26F2IN5O3S. The van der Waals surface area contributed by atoms with Crippen LogP contribution in [-0.4, -0.2) is 59.0 Å². The highest BCUT2D eigenvalue weighted by Gasteiger charge is 2.26. The molecule has 1 aliphatic rings. The van der Waals surface area contributed by atoms with Crippen molar-refractivity contribution in [1.82, 2.24) is 10.6 Å². The van der Waals surface area contributed by atoms with Gasteiger partial charge in [-0.05, 0) is 25.5 Å². The number of hydrogen-bond acceptors (Lipinski definition) is 5. The normalized spacial score (nSPS) is 17.4. The lowest BCUT2D eigenvalue weighted by Crippen LogP contribution is -2.45. The maximum absolute atomic E-state index is 12.6. The molecule has 2 rings (SSSR count). The Bertz CT molecular complexity index is 752. The summed E-state index contributed by atoms with van der Waals surface area (Å²) in [5.41, 5.74) is 0.610. The number of rotatable bonds is 8. The molecule has 0 saturated carbocycles. The monoisotopic (exact) mass is 533 g/mol. The number of nitrogens with zero attached hydrogens (tertiary/aromatic N) is 2. The summed E-state index contributed by atoms with van der Waals surface area (Å²) in [5.74, 6) is 0.394. The lowest BCUT2D eigenvalue weighted by molar-refractivity contribution is -0.0495. The van der Waals surface area contributed by atoms with Crippen molar-refractivity contribution in [1.29, 1.82) is 0 Å². The van der Waals surface area contributed by atoms with Gasteiger partial charge in [0, 0.05) is 25.7 Å². The Kier molecular flexibility index (Phi) is 10.2. The van der Waals surface area contributed by atoms with Gasteiger partial charge in [-0.25, -0.2) is 13.6 Å². The van der Waals surface area contributed by atoms with Crippen LogP contribution in [0.2, 0.25) is 0 Å². The fourth-order valence-electron chi connectivity index (χ4n) is 2.81. The maximum atomic E-state index is 12.6. The van der Waals surface area contributed by atoms with E-state index in [1.54, 1.807) is 18.2 Å². The third-order valence-corrected chi connectivity index (χ3v) is 4.69. The van der Waals surface area contributed by atoms with Crippen molar-refractivity contribution >= 4 is 45.6 Å². The maximum Gasteiger partial charge on any atom is 0.387 e. The topological polar surface area (TPSA) is 109 Å². The molecule has 0 aliphatic carbocycles. The molecule has 0 aromatic heterocycles. The van der Waals surface area contributed by atoms with Gasteiger partial charge in [0.05, 0.1) is 18.0 Å². The molecule has 0 radical (unpaired) electrons. The van der Waals surface area contributed by atoms with Gasteiger partial charge in [-0.2, -0.15) is 8.78 Å². The molecule has 160 valence electrons. The second-order valence-electron chi connectivity index (χ2n) is 6.05. The molecule has 8 nitrogen and oxygen atoms in total. The zero-order valence-corrected chi connectivity index (χ0v) is 18.6. The van der Waals surface area contributed by atoms with Gasteiger partial charge in [-0.1, -0.05) is 12.1 Å². The number of primary sulfonamides is 1. The molecule has 1 fully saturated rings. The van der Waals surface area contributed by atoms with E-state index in [9.17, 15) is 17.2 Å². The smallest absolute Gasteiger partial charge is 0.387 e. The molecular weight excluding hydrogens is 507 g/mol. The number of ether oxygens (including phenoxy) is 1. The second kappa shape index (κ2) is 11.6. The van der Waals surface area contributed by atoms with E-state index >= 15 is 0 Å². The predicted octanol–water partition coefficient (Wildman–Crippen LogP) is 1.33. The number of aliphatic imine (C=N–C) groups is 1. The highest BCUT2D eigenvalue weighted by molar-refractivity contribution is 14.0. The third kappa shape index (κ3) is 8.31. The van der Waals surface area contributed by atoms with Crippen LogP contribution < -0.4 is 25.4 Å². The lowest BCUT2D eigenvalue weighted by Gasteiger charge is -2.22. The Morgan fingerprint density at radius 3 is 2.79 bits per heavy atom. The summed E-state index contributed by atoms with van der Waals surface area (Å²) in [7, 11) is -3.57. The number of anilines is 1. The van der Waals surface area contributed by atoms with Crippen molar-refractivity contribution in [2.75, 3.05) is 36.8 Å². The van der Waals surface area contributed by atoms with Crippen LogP contribution in [0.15, 0.2) is 29.3 Å². The number of alkyl halides is 2. The molecule has 4 N–H and O–H groups in total. The first-order valence-electron chi connectivity index (χ1n) is 8.62. The van der Waals surface area contributed by atoms with E-state index in [-0.39, 0.29) is 48.1 Å². The zero-order chi connectivity index (χ0) is 19.9. The minimum Gasteiger partial charge on any atom is -0.433 e. The van der Waals surface area contributed by atoms with Crippen LogP contribution in [0.5, 0.6) is 5.75 Å². The largest absolute Gasteiger partial charge is 0.433 e. The summed E-state index contributed by atoms with van der Waals surface area (Å²) in [5, 5.41) is 11.3. The van der Waals surface area contributed by atoms with Gasteiger partial charge in [-0.3, -0.25) is 4.99 Å². The summed E-state index contributed by atoms with van der Waals surface area (Å²) >= 11 is 0. The fraction of sp³-hybridized carbons (Fsp3) is 0.562. The van der Waals surface area contributed by atoms with E-state index in [0.717, 1.165) is 6.42 Å². The molecule has 0 spiro atoms. The summed E-state index contributed by atoms with van der Waals surface area (Å²) < 4.78 is 51.8. The van der Waals surface area contributed by atoms with Crippen molar-refractivity contribution in [2.24, 2.45) is 10.1 Å². The fourth-order valence-corrected chi connectivity index (χ4v) is 3.15. The van der Waals surface area contributed by atoms with Crippen molar-refractivity contribution in [3.63, 3.8) is 0 Å². The SMILES string of the molecule is CCNC(=NCCS(N)(=O)=O)NC1CCN(c2ccccc2OC(F)F)C1.I. The molecule has 12 heteroatoms. The van der Waals surface area contributed by atoms with E-state index < -0.39 is 16.6 Å².